The Morgan fingerprint density at radius 2 is 2.12 bits per heavy atom. The molecule has 0 radical (unpaired) electrons. The smallest absolute Gasteiger partial charge is 0.307 e. The van der Waals surface area contributed by atoms with E-state index in [1.165, 1.54) is 25.5 Å². The molecule has 0 amide bonds. The molecule has 0 bridgehead atoms. The van der Waals surface area contributed by atoms with Crippen molar-refractivity contribution in [3.05, 3.63) is 18.0 Å². The summed E-state index contributed by atoms with van der Waals surface area (Å²) in [6, 6.07) is 0.619. The van der Waals surface area contributed by atoms with Crippen LogP contribution >= 0.6 is 0 Å². The number of piperidine rings is 2. The Kier molecular flexibility index (Phi) is 6.45. The summed E-state index contributed by atoms with van der Waals surface area (Å²) in [6.07, 6.45) is 8.54. The Balaban J connectivity index is 1.41. The van der Waals surface area contributed by atoms with Gasteiger partial charge in [-0.25, -0.2) is 0 Å². The molecule has 1 unspecified atom stereocenters. The van der Waals surface area contributed by atoms with Gasteiger partial charge in [0.15, 0.2) is 0 Å². The van der Waals surface area contributed by atoms with Crippen LogP contribution in [0.5, 0.6) is 0 Å². The highest BCUT2D eigenvalue weighted by Crippen LogP contribution is 2.22. The first-order valence-corrected chi connectivity index (χ1v) is 9.36. The molecule has 7 nitrogen and oxygen atoms in total. The molecule has 1 aromatic rings. The van der Waals surface area contributed by atoms with Crippen molar-refractivity contribution < 1.29 is 14.6 Å². The minimum Gasteiger partial charge on any atom is -0.469 e. The molecule has 0 saturated carbocycles. The molecule has 3 heterocycles. The lowest BCUT2D eigenvalue weighted by atomic mass is 9.99. The van der Waals surface area contributed by atoms with E-state index in [2.05, 4.69) is 19.6 Å². The summed E-state index contributed by atoms with van der Waals surface area (Å²) in [4.78, 5) is 16.2. The molecular weight excluding hydrogens is 320 g/mol. The molecular formula is C18H30N4O3. The van der Waals surface area contributed by atoms with Gasteiger partial charge in [0.1, 0.15) is 0 Å². The maximum atomic E-state index is 11.2. The molecule has 0 aromatic carbocycles. The summed E-state index contributed by atoms with van der Waals surface area (Å²) in [6.45, 7) is 5.63. The van der Waals surface area contributed by atoms with Crippen LogP contribution in [-0.2, 0) is 22.6 Å². The highest BCUT2D eigenvalue weighted by Gasteiger charge is 2.28. The number of ether oxygens (including phenoxy) is 1. The van der Waals surface area contributed by atoms with E-state index in [0.29, 0.717) is 19.0 Å². The van der Waals surface area contributed by atoms with Gasteiger partial charge in [0.2, 0.25) is 0 Å². The molecule has 2 aliphatic rings. The van der Waals surface area contributed by atoms with E-state index in [1.54, 1.807) is 0 Å². The quantitative estimate of drug-likeness (QED) is 0.768. The largest absolute Gasteiger partial charge is 0.469 e. The van der Waals surface area contributed by atoms with Crippen LogP contribution in [0.15, 0.2) is 12.4 Å². The van der Waals surface area contributed by atoms with E-state index in [9.17, 15) is 9.90 Å². The minimum atomic E-state index is -0.207. The fraction of sp³-hybridized carbons (Fsp3) is 0.778. The molecule has 2 saturated heterocycles. The summed E-state index contributed by atoms with van der Waals surface area (Å²) < 4.78 is 6.47. The summed E-state index contributed by atoms with van der Waals surface area (Å²) in [5, 5.41) is 14.2. The zero-order valence-corrected chi connectivity index (χ0v) is 15.1. The van der Waals surface area contributed by atoms with Gasteiger partial charge in [-0.15, -0.1) is 0 Å². The van der Waals surface area contributed by atoms with Gasteiger partial charge in [-0.1, -0.05) is 0 Å². The summed E-state index contributed by atoms with van der Waals surface area (Å²) in [5.41, 5.74) is 1.19. The van der Waals surface area contributed by atoms with Gasteiger partial charge in [0.05, 0.1) is 32.4 Å². The Bertz CT molecular complexity index is 554. The van der Waals surface area contributed by atoms with Gasteiger partial charge < -0.3 is 9.84 Å². The van der Waals surface area contributed by atoms with Crippen LogP contribution in [0.1, 0.15) is 37.7 Å². The van der Waals surface area contributed by atoms with Crippen molar-refractivity contribution in [1.29, 1.82) is 0 Å². The van der Waals surface area contributed by atoms with E-state index in [1.807, 2.05) is 17.1 Å². The molecule has 0 aliphatic carbocycles. The van der Waals surface area contributed by atoms with Crippen molar-refractivity contribution in [3.8, 4) is 0 Å². The van der Waals surface area contributed by atoms with Crippen molar-refractivity contribution in [3.63, 3.8) is 0 Å². The van der Waals surface area contributed by atoms with Gasteiger partial charge in [-0.3, -0.25) is 19.3 Å². The highest BCUT2D eigenvalue weighted by atomic mass is 16.5. The number of likely N-dealkylation sites (tertiary alicyclic amines) is 2. The highest BCUT2D eigenvalue weighted by molar-refractivity contribution is 5.68. The molecule has 1 N–H and O–H groups in total. The number of aliphatic hydroxyl groups is 1. The topological polar surface area (TPSA) is 70.8 Å². The Hall–Kier alpha value is -1.44. The third kappa shape index (κ3) is 5.26. The van der Waals surface area contributed by atoms with E-state index in [-0.39, 0.29) is 12.1 Å². The third-order valence-corrected chi connectivity index (χ3v) is 5.37. The number of methoxy groups -OCH3 is 1. The number of carbonyl (C=O) groups is 1. The number of rotatable bonds is 6. The maximum Gasteiger partial charge on any atom is 0.307 e. The maximum absolute atomic E-state index is 11.2. The average Bonchev–Trinajstić information content (AvgIpc) is 3.07. The van der Waals surface area contributed by atoms with Crippen LogP contribution in [0.25, 0.3) is 0 Å². The number of carbonyl (C=O) groups excluding carboxylic acids is 1. The van der Waals surface area contributed by atoms with Crippen molar-refractivity contribution >= 4 is 5.97 Å². The number of aromatic nitrogens is 2. The monoisotopic (exact) mass is 350 g/mol. The number of nitrogens with zero attached hydrogens (tertiary/aromatic N) is 4. The number of hydrogen-bond acceptors (Lipinski definition) is 6. The van der Waals surface area contributed by atoms with Crippen LogP contribution in [0.3, 0.4) is 0 Å². The first-order chi connectivity index (χ1) is 12.1. The lowest BCUT2D eigenvalue weighted by Gasteiger charge is -2.41. The van der Waals surface area contributed by atoms with Crippen molar-refractivity contribution in [1.82, 2.24) is 19.6 Å². The molecule has 2 aliphatic heterocycles. The zero-order valence-electron chi connectivity index (χ0n) is 15.1. The second-order valence-corrected chi connectivity index (χ2v) is 7.24. The van der Waals surface area contributed by atoms with E-state index in [0.717, 1.165) is 45.6 Å². The minimum absolute atomic E-state index is 0.136. The molecule has 0 spiro atoms. The molecule has 25 heavy (non-hydrogen) atoms. The number of β-amino-alcohol motifs (C(OH)–C–C–N with tert-alkyl or cyclic N) is 1. The van der Waals surface area contributed by atoms with Gasteiger partial charge in [-0.2, -0.15) is 5.10 Å². The third-order valence-electron chi connectivity index (χ3n) is 5.37. The second-order valence-electron chi connectivity index (χ2n) is 7.24. The fourth-order valence-corrected chi connectivity index (χ4v) is 3.93. The predicted octanol–water partition coefficient (Wildman–Crippen LogP) is 0.867. The van der Waals surface area contributed by atoms with Gasteiger partial charge >= 0.3 is 5.97 Å². The van der Waals surface area contributed by atoms with E-state index >= 15 is 0 Å². The Morgan fingerprint density at radius 3 is 2.84 bits per heavy atom. The van der Waals surface area contributed by atoms with Crippen LogP contribution in [0.2, 0.25) is 0 Å². The molecule has 1 atom stereocenters. The molecule has 1 aromatic heterocycles. The van der Waals surface area contributed by atoms with Crippen LogP contribution in [-0.4, -0.2) is 76.1 Å². The second kappa shape index (κ2) is 8.78. The summed E-state index contributed by atoms with van der Waals surface area (Å²) in [5.74, 6) is -0.207. The zero-order chi connectivity index (χ0) is 17.6. The standard InChI is InChI=1S/C18H30N4O3/c1-25-18(24)6-10-22-13-15(11-19-22)12-20-8-4-16(5-9-20)21-7-2-3-17(23)14-21/h11,13,16-17,23H,2-10,12,14H2,1H3. The first kappa shape index (κ1) is 18.4. The summed E-state index contributed by atoms with van der Waals surface area (Å²) >= 11 is 0. The number of aliphatic hydroxyl groups excluding tert-OH is 1. The molecule has 2 fully saturated rings. The molecule has 3 rings (SSSR count). The van der Waals surface area contributed by atoms with Crippen molar-refractivity contribution in [2.24, 2.45) is 0 Å². The van der Waals surface area contributed by atoms with Gasteiger partial charge in [0.25, 0.3) is 0 Å². The fourth-order valence-electron chi connectivity index (χ4n) is 3.93. The summed E-state index contributed by atoms with van der Waals surface area (Å²) in [7, 11) is 1.41. The van der Waals surface area contributed by atoms with E-state index in [4.69, 9.17) is 0 Å². The predicted molar refractivity (Wildman–Crippen MR) is 94.0 cm³/mol. The normalized spacial score (nSPS) is 23.7. The number of esters is 1. The van der Waals surface area contributed by atoms with Gasteiger partial charge in [0, 0.05) is 30.9 Å². The lowest BCUT2D eigenvalue weighted by molar-refractivity contribution is -0.140. The first-order valence-electron chi connectivity index (χ1n) is 9.36. The van der Waals surface area contributed by atoms with Crippen LogP contribution in [0.4, 0.5) is 0 Å². The van der Waals surface area contributed by atoms with Crippen LogP contribution in [0, 0.1) is 0 Å². The molecule has 7 heteroatoms. The Labute approximate surface area is 149 Å². The SMILES string of the molecule is COC(=O)CCn1cc(CN2CCC(N3CCCC(O)C3)CC2)cn1. The number of hydrogen-bond donors (Lipinski definition) is 1. The lowest BCUT2D eigenvalue weighted by Crippen LogP contribution is -2.49. The van der Waals surface area contributed by atoms with Crippen molar-refractivity contribution in [2.45, 2.75) is 57.3 Å². The van der Waals surface area contributed by atoms with Gasteiger partial charge in [-0.05, 0) is 45.3 Å². The Morgan fingerprint density at radius 1 is 1.32 bits per heavy atom. The molecule has 140 valence electrons. The average molecular weight is 350 g/mol. The van der Waals surface area contributed by atoms with Crippen molar-refractivity contribution in [2.75, 3.05) is 33.3 Å². The van der Waals surface area contributed by atoms with Crippen LogP contribution < -0.4 is 0 Å². The van der Waals surface area contributed by atoms with E-state index < -0.39 is 0 Å². The number of aryl methyl sites for hydroxylation is 1.